The zero-order chi connectivity index (χ0) is 23.5. The molecule has 2 amide bonds. The normalized spacial score (nSPS) is 16.0. The number of carbonyl (C=O) groups is 3. The molecule has 0 aromatic heterocycles. The number of esters is 1. The number of nitrogens with zero attached hydrogens (tertiary/aromatic N) is 1. The van der Waals surface area contributed by atoms with Crippen molar-refractivity contribution in [1.29, 1.82) is 0 Å². The Hall–Kier alpha value is -1.93. The largest absolute Gasteiger partial charge is 0.462 e. The Bertz CT molecular complexity index is 864. The summed E-state index contributed by atoms with van der Waals surface area (Å²) in [6, 6.07) is 6.63. The van der Waals surface area contributed by atoms with Gasteiger partial charge in [-0.3, -0.25) is 15.0 Å². The van der Waals surface area contributed by atoms with E-state index in [1.54, 1.807) is 24.3 Å². The molecule has 0 spiro atoms. The fourth-order valence-corrected chi connectivity index (χ4v) is 6.36. The lowest BCUT2D eigenvalue weighted by atomic mass is 10.1. The molecule has 2 aliphatic rings. The van der Waals surface area contributed by atoms with E-state index in [0.717, 1.165) is 28.6 Å². The van der Waals surface area contributed by atoms with Gasteiger partial charge in [0.25, 0.3) is 11.8 Å². The minimum atomic E-state index is -0.411. The van der Waals surface area contributed by atoms with Gasteiger partial charge in [0.05, 0.1) is 22.1 Å². The van der Waals surface area contributed by atoms with Gasteiger partial charge in [0.1, 0.15) is 5.57 Å². The van der Waals surface area contributed by atoms with Crippen LogP contribution in [0.25, 0.3) is 0 Å². The highest BCUT2D eigenvalue weighted by Gasteiger charge is 2.38. The highest BCUT2D eigenvalue weighted by atomic mass is 32.2. The van der Waals surface area contributed by atoms with Crippen molar-refractivity contribution in [3.63, 3.8) is 0 Å². The van der Waals surface area contributed by atoms with Gasteiger partial charge in [0.2, 0.25) is 0 Å². The lowest BCUT2D eigenvalue weighted by molar-refractivity contribution is -0.117. The molecule has 2 aliphatic heterocycles. The predicted molar refractivity (Wildman–Crippen MR) is 136 cm³/mol. The molecule has 1 aromatic carbocycles. The minimum absolute atomic E-state index is 0.191. The van der Waals surface area contributed by atoms with Gasteiger partial charge in [-0.05, 0) is 24.6 Å². The van der Waals surface area contributed by atoms with Crippen molar-refractivity contribution in [2.24, 2.45) is 0 Å². The number of ether oxygens (including phenoxy) is 1. The van der Waals surface area contributed by atoms with E-state index in [9.17, 15) is 14.4 Å². The summed E-state index contributed by atoms with van der Waals surface area (Å²) in [6.07, 6.45) is 12.3. The van der Waals surface area contributed by atoms with E-state index in [4.69, 9.17) is 4.74 Å². The van der Waals surface area contributed by atoms with Crippen LogP contribution in [-0.2, 0) is 14.3 Å². The summed E-state index contributed by atoms with van der Waals surface area (Å²) in [5.41, 5.74) is 3.62. The number of hydrogen-bond acceptors (Lipinski definition) is 6. The van der Waals surface area contributed by atoms with Crippen molar-refractivity contribution in [1.82, 2.24) is 5.43 Å². The fraction of sp³-hybridized carbons (Fsp3) is 0.560. The Labute approximate surface area is 205 Å². The number of rotatable bonds is 13. The van der Waals surface area contributed by atoms with Gasteiger partial charge in [0, 0.05) is 11.5 Å². The monoisotopic (exact) mass is 490 g/mol. The minimum Gasteiger partial charge on any atom is -0.462 e. The van der Waals surface area contributed by atoms with E-state index in [2.05, 4.69) is 12.3 Å². The van der Waals surface area contributed by atoms with Crippen LogP contribution in [0.15, 0.2) is 34.1 Å². The average Bonchev–Trinajstić information content (AvgIpc) is 3.44. The van der Waals surface area contributed by atoms with Crippen molar-refractivity contribution in [2.75, 3.05) is 23.1 Å². The highest BCUT2D eigenvalue weighted by Crippen LogP contribution is 2.40. The van der Waals surface area contributed by atoms with E-state index in [1.807, 2.05) is 0 Å². The molecule has 6 nitrogen and oxygen atoms in total. The number of hydrogen-bond donors (Lipinski definition) is 1. The second-order valence-corrected chi connectivity index (χ2v) is 10.8. The van der Waals surface area contributed by atoms with Crippen molar-refractivity contribution in [3.8, 4) is 0 Å². The van der Waals surface area contributed by atoms with Crippen molar-refractivity contribution < 1.29 is 19.1 Å². The molecule has 2 fully saturated rings. The third kappa shape index (κ3) is 7.54. The van der Waals surface area contributed by atoms with Crippen molar-refractivity contribution in [2.45, 2.75) is 71.1 Å². The first-order chi connectivity index (χ1) is 16.1. The third-order valence-corrected chi connectivity index (χ3v) is 8.40. The number of hydrazine groups is 1. The van der Waals surface area contributed by atoms with Gasteiger partial charge in [-0.15, -0.1) is 23.5 Å². The quantitative estimate of drug-likeness (QED) is 0.162. The standard InChI is InChI=1S/C25H34N2O4S2/c1-2-3-4-5-6-7-8-9-10-11-15-31-24(30)19-13-12-14-20(18-19)27-23(29)21(22(28)26-27)25-32-16-17-33-25/h12-14,18H,2-11,15-17H2,1H3,(H,26,28). The Balaban J connectivity index is 1.41. The number of thioether (sulfide) groups is 2. The van der Waals surface area contributed by atoms with Crippen LogP contribution in [0.5, 0.6) is 0 Å². The van der Waals surface area contributed by atoms with Gasteiger partial charge in [-0.2, -0.15) is 0 Å². The summed E-state index contributed by atoms with van der Waals surface area (Å²) in [7, 11) is 0. The lowest BCUT2D eigenvalue weighted by Crippen LogP contribution is -2.35. The second kappa shape index (κ2) is 13.7. The highest BCUT2D eigenvalue weighted by molar-refractivity contribution is 8.25. The van der Waals surface area contributed by atoms with E-state index < -0.39 is 11.9 Å². The third-order valence-electron chi connectivity index (χ3n) is 5.68. The number of nitrogens with one attached hydrogen (secondary N) is 1. The molecule has 2 heterocycles. The number of benzene rings is 1. The summed E-state index contributed by atoms with van der Waals surface area (Å²) in [4.78, 5) is 37.6. The molecule has 0 unspecified atom stereocenters. The number of amides is 2. The van der Waals surface area contributed by atoms with Gasteiger partial charge >= 0.3 is 5.97 Å². The van der Waals surface area contributed by atoms with Crippen LogP contribution in [0.2, 0.25) is 0 Å². The molecule has 0 radical (unpaired) electrons. The molecule has 8 heteroatoms. The fourth-order valence-electron chi connectivity index (χ4n) is 3.84. The number of unbranched alkanes of at least 4 members (excludes halogenated alkanes) is 9. The smallest absolute Gasteiger partial charge is 0.338 e. The lowest BCUT2D eigenvalue weighted by Gasteiger charge is -2.15. The molecule has 2 saturated heterocycles. The van der Waals surface area contributed by atoms with E-state index in [1.165, 1.54) is 79.9 Å². The predicted octanol–water partition coefficient (Wildman–Crippen LogP) is 5.83. The molecule has 0 bridgehead atoms. The van der Waals surface area contributed by atoms with E-state index >= 15 is 0 Å². The van der Waals surface area contributed by atoms with Gasteiger partial charge in [-0.1, -0.05) is 70.8 Å². The summed E-state index contributed by atoms with van der Waals surface area (Å²) in [6.45, 7) is 2.63. The van der Waals surface area contributed by atoms with Gasteiger partial charge in [0.15, 0.2) is 0 Å². The van der Waals surface area contributed by atoms with E-state index in [-0.39, 0.29) is 11.5 Å². The molecule has 0 saturated carbocycles. The zero-order valence-corrected chi connectivity index (χ0v) is 21.0. The molecule has 33 heavy (non-hydrogen) atoms. The van der Waals surface area contributed by atoms with E-state index in [0.29, 0.717) is 17.9 Å². The average molecular weight is 491 g/mol. The first kappa shape index (κ1) is 25.7. The van der Waals surface area contributed by atoms with Crippen molar-refractivity contribution >= 4 is 47.0 Å². The number of carbonyl (C=O) groups excluding carboxylic acids is 3. The summed E-state index contributed by atoms with van der Waals surface area (Å²) in [5, 5.41) is 1.21. The Morgan fingerprint density at radius 2 is 1.61 bits per heavy atom. The first-order valence-corrected chi connectivity index (χ1v) is 14.0. The summed E-state index contributed by atoms with van der Waals surface area (Å²) >= 11 is 3.07. The van der Waals surface area contributed by atoms with Crippen LogP contribution in [0.1, 0.15) is 81.5 Å². The maximum absolute atomic E-state index is 12.8. The molecular weight excluding hydrogens is 456 g/mol. The van der Waals surface area contributed by atoms with Crippen LogP contribution in [-0.4, -0.2) is 35.9 Å². The SMILES string of the molecule is CCCCCCCCCCCCOC(=O)c1cccc(N2NC(=O)C(=C3SCCS3)C2=O)c1. The van der Waals surface area contributed by atoms with Gasteiger partial charge < -0.3 is 4.74 Å². The topological polar surface area (TPSA) is 75.7 Å². The van der Waals surface area contributed by atoms with Crippen LogP contribution in [0.4, 0.5) is 5.69 Å². The maximum Gasteiger partial charge on any atom is 0.338 e. The molecule has 3 rings (SSSR count). The first-order valence-electron chi connectivity index (χ1n) is 12.0. The molecule has 0 aliphatic carbocycles. The summed E-state index contributed by atoms with van der Waals surface area (Å²) in [5.74, 6) is 0.597. The second-order valence-electron chi connectivity index (χ2n) is 8.31. The Kier molecular flexibility index (Phi) is 10.7. The summed E-state index contributed by atoms with van der Waals surface area (Å²) < 4.78 is 6.19. The zero-order valence-electron chi connectivity index (χ0n) is 19.4. The van der Waals surface area contributed by atoms with Crippen LogP contribution in [0, 0.1) is 0 Å². The molecule has 180 valence electrons. The van der Waals surface area contributed by atoms with Crippen LogP contribution >= 0.6 is 23.5 Å². The molecule has 0 atom stereocenters. The molecule has 1 aromatic rings. The van der Waals surface area contributed by atoms with Crippen LogP contribution < -0.4 is 10.4 Å². The Morgan fingerprint density at radius 1 is 0.970 bits per heavy atom. The maximum atomic E-state index is 12.8. The molecule has 1 N–H and O–H groups in total. The number of anilines is 1. The molecular formula is C25H34N2O4S2. The Morgan fingerprint density at radius 3 is 2.27 bits per heavy atom. The van der Waals surface area contributed by atoms with Gasteiger partial charge in [-0.25, -0.2) is 9.80 Å². The van der Waals surface area contributed by atoms with Crippen LogP contribution in [0.3, 0.4) is 0 Å². The van der Waals surface area contributed by atoms with Crippen molar-refractivity contribution in [3.05, 3.63) is 39.6 Å².